The summed E-state index contributed by atoms with van der Waals surface area (Å²) in [6.45, 7) is 16.5. The zero-order valence-corrected chi connectivity index (χ0v) is 25.2. The van der Waals surface area contributed by atoms with Gasteiger partial charge in [-0.05, 0) is 76.4 Å². The highest BCUT2D eigenvalue weighted by atomic mass is 32.2. The molecule has 2 heterocycles. The van der Waals surface area contributed by atoms with Crippen LogP contribution in [0.25, 0.3) is 11.3 Å². The molecule has 10 heteroatoms. The fourth-order valence-corrected chi connectivity index (χ4v) is 7.41. The molecule has 0 bridgehead atoms. The summed E-state index contributed by atoms with van der Waals surface area (Å²) in [6, 6.07) is 11.8. The summed E-state index contributed by atoms with van der Waals surface area (Å²) in [7, 11) is -5.06. The number of carbonyl (C=O) groups excluding carboxylic acids is 1. The zero-order chi connectivity index (χ0) is 27.6. The highest BCUT2D eigenvalue weighted by molar-refractivity contribution is 7.89. The van der Waals surface area contributed by atoms with Gasteiger partial charge in [0.2, 0.25) is 10.0 Å². The molecule has 0 spiro atoms. The van der Waals surface area contributed by atoms with Crippen molar-refractivity contribution in [2.75, 3.05) is 11.9 Å². The van der Waals surface area contributed by atoms with Gasteiger partial charge in [0.15, 0.2) is 9.04 Å². The minimum absolute atomic E-state index is 0.153. The quantitative estimate of drug-likeness (QED) is 0.449. The van der Waals surface area contributed by atoms with Gasteiger partial charge in [-0.1, -0.05) is 39.0 Å². The second-order valence-corrected chi connectivity index (χ2v) is 16.1. The van der Waals surface area contributed by atoms with E-state index in [0.717, 1.165) is 18.4 Å². The Morgan fingerprint density at radius 3 is 2.30 bits per heavy atom. The van der Waals surface area contributed by atoms with Crippen molar-refractivity contribution < 1.29 is 22.4 Å². The fraction of sp³-hybridized carbons (Fsp3) is 0.556. The Balaban J connectivity index is 1.82. The number of carbonyl (C=O) groups is 1. The summed E-state index contributed by atoms with van der Waals surface area (Å²) in [5, 5.41) is 2.64. The summed E-state index contributed by atoms with van der Waals surface area (Å²) < 4.78 is 40.7. The van der Waals surface area contributed by atoms with Gasteiger partial charge in [-0.2, -0.15) is 4.31 Å². The summed E-state index contributed by atoms with van der Waals surface area (Å²) in [5.74, 6) is 0.352. The second kappa shape index (κ2) is 11.2. The van der Waals surface area contributed by atoms with Gasteiger partial charge in [-0.15, -0.1) is 0 Å². The molecule has 1 fully saturated rings. The minimum atomic E-state index is -3.69. The van der Waals surface area contributed by atoms with Gasteiger partial charge in [0, 0.05) is 12.1 Å². The number of anilines is 1. The first kappa shape index (κ1) is 29.3. The minimum Gasteiger partial charge on any atom is -0.444 e. The largest absolute Gasteiger partial charge is 0.444 e. The molecule has 1 aromatic carbocycles. The van der Waals surface area contributed by atoms with Crippen molar-refractivity contribution in [2.45, 2.75) is 90.1 Å². The number of sulfonamides is 1. The molecule has 0 aliphatic carbocycles. The standard InChI is InChI=1S/C27H41N3O5SSi/c1-26(2,3)24(35-37(7)8)22-12-10-18-30(22)36(32,33)20-16-14-19(15-17-20)21-11-9-13-23(28-21)29-25(31)34-27(4,5)6/h9,11,13-17,22,24,37H,10,12,18H2,1-8H3,(H,28,29,31). The molecule has 1 aliphatic heterocycles. The molecule has 204 valence electrons. The molecule has 1 N–H and O–H groups in total. The maximum Gasteiger partial charge on any atom is 0.413 e. The van der Waals surface area contributed by atoms with Crippen molar-refractivity contribution in [3.63, 3.8) is 0 Å². The average molecular weight is 548 g/mol. The molecule has 1 aliphatic rings. The molecular weight excluding hydrogens is 506 g/mol. The Kier molecular flexibility index (Phi) is 8.88. The van der Waals surface area contributed by atoms with E-state index in [9.17, 15) is 13.2 Å². The second-order valence-electron chi connectivity index (χ2n) is 11.9. The van der Waals surface area contributed by atoms with Crippen molar-refractivity contribution in [3.05, 3.63) is 42.5 Å². The van der Waals surface area contributed by atoms with Gasteiger partial charge in [-0.3, -0.25) is 5.32 Å². The molecule has 8 nitrogen and oxygen atoms in total. The molecule has 1 saturated heterocycles. The number of hydrogen-bond acceptors (Lipinski definition) is 6. The molecule has 0 saturated carbocycles. The van der Waals surface area contributed by atoms with Crippen LogP contribution in [0.1, 0.15) is 54.4 Å². The summed E-state index contributed by atoms with van der Waals surface area (Å²) >= 11 is 0. The predicted molar refractivity (Wildman–Crippen MR) is 150 cm³/mol. The van der Waals surface area contributed by atoms with Crippen LogP contribution >= 0.6 is 0 Å². The normalized spacial score (nSPS) is 18.1. The van der Waals surface area contributed by atoms with Crippen LogP contribution in [0.5, 0.6) is 0 Å². The van der Waals surface area contributed by atoms with Crippen LogP contribution in [-0.2, 0) is 19.2 Å². The van der Waals surface area contributed by atoms with Crippen LogP contribution in [-0.4, -0.2) is 57.1 Å². The maximum atomic E-state index is 13.7. The number of amides is 1. The number of benzene rings is 1. The van der Waals surface area contributed by atoms with Crippen LogP contribution in [0, 0.1) is 5.41 Å². The van der Waals surface area contributed by atoms with Crippen LogP contribution < -0.4 is 5.32 Å². The first-order chi connectivity index (χ1) is 17.1. The van der Waals surface area contributed by atoms with Crippen LogP contribution in [0.2, 0.25) is 13.1 Å². The third-order valence-electron chi connectivity index (χ3n) is 6.00. The summed E-state index contributed by atoms with van der Waals surface area (Å²) in [4.78, 5) is 16.8. The van der Waals surface area contributed by atoms with E-state index in [1.165, 1.54) is 0 Å². The van der Waals surface area contributed by atoms with E-state index in [2.05, 4.69) is 44.2 Å². The van der Waals surface area contributed by atoms with Crippen LogP contribution in [0.15, 0.2) is 47.4 Å². The Hall–Kier alpha value is -2.27. The van der Waals surface area contributed by atoms with E-state index in [1.54, 1.807) is 67.5 Å². The molecule has 2 atom stereocenters. The molecule has 1 amide bonds. The lowest BCUT2D eigenvalue weighted by Gasteiger charge is -2.40. The van der Waals surface area contributed by atoms with Gasteiger partial charge >= 0.3 is 6.09 Å². The van der Waals surface area contributed by atoms with Gasteiger partial charge in [0.25, 0.3) is 0 Å². The van der Waals surface area contributed by atoms with Crippen molar-refractivity contribution in [1.29, 1.82) is 0 Å². The lowest BCUT2D eigenvalue weighted by molar-refractivity contribution is 0.0359. The lowest BCUT2D eigenvalue weighted by atomic mass is 9.84. The Morgan fingerprint density at radius 2 is 1.73 bits per heavy atom. The maximum absolute atomic E-state index is 13.7. The Bertz CT molecular complexity index is 1190. The highest BCUT2D eigenvalue weighted by Gasteiger charge is 2.44. The number of ether oxygens (including phenoxy) is 1. The molecule has 1 aromatic heterocycles. The van der Waals surface area contributed by atoms with Gasteiger partial charge in [0.05, 0.1) is 22.7 Å². The third kappa shape index (κ3) is 7.62. The van der Waals surface area contributed by atoms with E-state index in [1.807, 2.05) is 0 Å². The molecule has 37 heavy (non-hydrogen) atoms. The Labute approximate surface area is 223 Å². The number of aromatic nitrogens is 1. The van der Waals surface area contributed by atoms with Crippen molar-refractivity contribution in [3.8, 4) is 11.3 Å². The number of rotatable bonds is 7. The van der Waals surface area contributed by atoms with Gasteiger partial charge < -0.3 is 9.16 Å². The molecule has 3 rings (SSSR count). The van der Waals surface area contributed by atoms with E-state index >= 15 is 0 Å². The van der Waals surface area contributed by atoms with Crippen LogP contribution in [0.4, 0.5) is 10.6 Å². The lowest BCUT2D eigenvalue weighted by Crippen LogP contribution is -2.50. The third-order valence-corrected chi connectivity index (χ3v) is 8.78. The summed E-state index contributed by atoms with van der Waals surface area (Å²) in [5.41, 5.74) is 0.562. The molecular formula is C27H41N3O5SSi. The van der Waals surface area contributed by atoms with Crippen molar-refractivity contribution >= 4 is 31.0 Å². The van der Waals surface area contributed by atoms with Crippen molar-refractivity contribution in [2.24, 2.45) is 5.41 Å². The monoisotopic (exact) mass is 547 g/mol. The number of nitrogens with one attached hydrogen (secondary N) is 1. The topological polar surface area (TPSA) is 97.8 Å². The number of pyridine rings is 1. The van der Waals surface area contributed by atoms with Crippen molar-refractivity contribution in [1.82, 2.24) is 9.29 Å². The fourth-order valence-electron chi connectivity index (χ4n) is 4.54. The first-order valence-corrected chi connectivity index (χ1v) is 17.0. The van der Waals surface area contributed by atoms with Gasteiger partial charge in [-0.25, -0.2) is 18.2 Å². The van der Waals surface area contributed by atoms with Gasteiger partial charge in [0.1, 0.15) is 11.4 Å². The summed E-state index contributed by atoms with van der Waals surface area (Å²) in [6.07, 6.45) is 0.872. The highest BCUT2D eigenvalue weighted by Crippen LogP contribution is 2.36. The molecule has 0 radical (unpaired) electrons. The predicted octanol–water partition coefficient (Wildman–Crippen LogP) is 5.66. The smallest absolute Gasteiger partial charge is 0.413 e. The zero-order valence-electron chi connectivity index (χ0n) is 23.2. The number of hydrogen-bond donors (Lipinski definition) is 1. The van der Waals surface area contributed by atoms with E-state index < -0.39 is 30.8 Å². The number of nitrogens with zero attached hydrogens (tertiary/aromatic N) is 2. The Morgan fingerprint density at radius 1 is 1.08 bits per heavy atom. The molecule has 2 unspecified atom stereocenters. The average Bonchev–Trinajstić information content (AvgIpc) is 3.26. The SMILES string of the molecule is C[SiH](C)OC(C1CCCN1S(=O)(=O)c1ccc(-c2cccc(NC(=O)OC(C)(C)C)n2)cc1)C(C)(C)C. The van der Waals surface area contributed by atoms with E-state index in [4.69, 9.17) is 9.16 Å². The first-order valence-electron chi connectivity index (χ1n) is 12.8. The van der Waals surface area contributed by atoms with E-state index in [0.29, 0.717) is 18.1 Å². The molecule has 2 aromatic rings. The van der Waals surface area contributed by atoms with Crippen LogP contribution in [0.3, 0.4) is 0 Å². The van der Waals surface area contributed by atoms with E-state index in [-0.39, 0.29) is 22.5 Å².